The maximum absolute atomic E-state index is 14.2. The lowest BCUT2D eigenvalue weighted by molar-refractivity contribution is -0.914. The van der Waals surface area contributed by atoms with Gasteiger partial charge in [-0.15, -0.1) is 6.42 Å². The molecule has 11 heteroatoms. The Labute approximate surface area is 322 Å². The molecule has 4 aromatic rings. The van der Waals surface area contributed by atoms with E-state index in [0.29, 0.717) is 47.7 Å². The Morgan fingerprint density at radius 3 is 2.26 bits per heavy atom. The molecular weight excluding hydrogens is 744 g/mol. The first-order valence-corrected chi connectivity index (χ1v) is 18.3. The van der Waals surface area contributed by atoms with E-state index in [1.54, 1.807) is 48.1 Å². The molecular formula is C42H50BrF2N3O5. The molecule has 2 heterocycles. The highest BCUT2D eigenvalue weighted by molar-refractivity contribution is 6.08. The first kappa shape index (κ1) is 41.4. The van der Waals surface area contributed by atoms with Crippen molar-refractivity contribution in [1.29, 1.82) is 0 Å². The summed E-state index contributed by atoms with van der Waals surface area (Å²) >= 11 is 0. The lowest BCUT2D eigenvalue weighted by Crippen LogP contribution is -3.00. The summed E-state index contributed by atoms with van der Waals surface area (Å²) in [5.41, 5.74) is 0.138. The van der Waals surface area contributed by atoms with E-state index in [2.05, 4.69) is 13.0 Å². The number of hydrogen-bond donors (Lipinski definition) is 0. The van der Waals surface area contributed by atoms with Gasteiger partial charge < -0.3 is 40.2 Å². The van der Waals surface area contributed by atoms with Crippen LogP contribution in [0.2, 0.25) is 0 Å². The van der Waals surface area contributed by atoms with E-state index in [0.717, 1.165) is 42.7 Å². The van der Waals surface area contributed by atoms with Crippen molar-refractivity contribution in [3.8, 4) is 35.3 Å². The third-order valence-corrected chi connectivity index (χ3v) is 9.72. The molecule has 1 saturated heterocycles. The zero-order valence-corrected chi connectivity index (χ0v) is 32.6. The normalized spacial score (nSPS) is 13.5. The van der Waals surface area contributed by atoms with Crippen LogP contribution in [-0.2, 0) is 0 Å². The van der Waals surface area contributed by atoms with Crippen molar-refractivity contribution in [1.82, 2.24) is 4.57 Å². The summed E-state index contributed by atoms with van der Waals surface area (Å²) in [6, 6.07) is 13.1. The smallest absolute Gasteiger partial charge is 0.264 e. The number of quaternary nitrogens is 1. The van der Waals surface area contributed by atoms with Gasteiger partial charge in [-0.05, 0) is 69.2 Å². The SMILES string of the molecule is C#CCN(C(=O)c1cn(-c2cc(OC)cc(OCCC)c2)c2cc(OCCCCCCC[N+]3(C)CCCCC3)ccc2c1=O)c1cc(F)cc(F)c1.[Br-]. The third kappa shape index (κ3) is 10.8. The van der Waals surface area contributed by atoms with Gasteiger partial charge in [-0.25, -0.2) is 8.78 Å². The van der Waals surface area contributed by atoms with Gasteiger partial charge in [0.05, 0.1) is 70.4 Å². The second kappa shape index (κ2) is 19.6. The largest absolute Gasteiger partial charge is 1.00 e. The number of amides is 1. The molecule has 0 unspecified atom stereocenters. The Kier molecular flexibility index (Phi) is 15.3. The molecule has 1 aliphatic rings. The second-order valence-electron chi connectivity index (χ2n) is 13.8. The molecule has 0 N–H and O–H groups in total. The zero-order chi connectivity index (χ0) is 37.1. The van der Waals surface area contributed by atoms with Crippen molar-refractivity contribution in [2.45, 2.75) is 64.7 Å². The maximum atomic E-state index is 14.2. The third-order valence-electron chi connectivity index (χ3n) is 9.72. The number of nitrogens with zero attached hydrogens (tertiary/aromatic N) is 3. The number of anilines is 1. The standard InChI is InChI=1S/C42H50F2N3O5.BrH/c1-5-17-45(33-24-31(43)23-32(44)25-33)42(49)39-30-46(34-26-36(50-4)28-37(27-34)51-21-6-2)40-29-35(15-16-38(40)41(39)48)52-22-14-9-7-8-11-18-47(3)19-12-10-13-20-47;/h1,15-16,23-30H,6-14,17-22H2,2-4H3;1H/q+1;/p-1. The summed E-state index contributed by atoms with van der Waals surface area (Å²) in [6.45, 7) is 6.54. The van der Waals surface area contributed by atoms with Crippen molar-refractivity contribution >= 4 is 22.5 Å². The van der Waals surface area contributed by atoms with Gasteiger partial charge in [0.25, 0.3) is 5.91 Å². The van der Waals surface area contributed by atoms with Crippen LogP contribution >= 0.6 is 0 Å². The number of hydrogen-bond acceptors (Lipinski definition) is 5. The van der Waals surface area contributed by atoms with Crippen molar-refractivity contribution in [2.75, 3.05) is 58.5 Å². The van der Waals surface area contributed by atoms with Crippen LogP contribution in [0.25, 0.3) is 16.6 Å². The van der Waals surface area contributed by atoms with Crippen LogP contribution in [0.3, 0.4) is 0 Å². The number of terminal acetylenes is 1. The number of aromatic nitrogens is 1. The number of halogens is 3. The number of methoxy groups -OCH3 is 1. The van der Waals surface area contributed by atoms with Gasteiger partial charge in [-0.1, -0.05) is 25.7 Å². The van der Waals surface area contributed by atoms with Gasteiger partial charge in [-0.2, -0.15) is 0 Å². The maximum Gasteiger partial charge on any atom is 0.264 e. The molecule has 1 amide bonds. The van der Waals surface area contributed by atoms with Gasteiger partial charge in [-0.3, -0.25) is 14.5 Å². The molecule has 0 bridgehead atoms. The van der Waals surface area contributed by atoms with E-state index in [9.17, 15) is 18.4 Å². The molecule has 1 fully saturated rings. The zero-order valence-electron chi connectivity index (χ0n) is 31.0. The predicted octanol–water partition coefficient (Wildman–Crippen LogP) is 5.31. The number of likely N-dealkylation sites (tertiary alicyclic amines) is 1. The van der Waals surface area contributed by atoms with E-state index in [4.69, 9.17) is 20.6 Å². The monoisotopic (exact) mass is 793 g/mol. The molecule has 8 nitrogen and oxygen atoms in total. The summed E-state index contributed by atoms with van der Waals surface area (Å²) in [5.74, 6) is 1.42. The van der Waals surface area contributed by atoms with E-state index >= 15 is 0 Å². The van der Waals surface area contributed by atoms with E-state index in [1.165, 1.54) is 62.4 Å². The first-order valence-electron chi connectivity index (χ1n) is 18.3. The fourth-order valence-corrected chi connectivity index (χ4v) is 6.91. The number of unbranched alkanes of at least 4 members (excludes halogenated alkanes) is 4. The van der Waals surface area contributed by atoms with Crippen LogP contribution in [0.15, 0.2) is 65.6 Å². The van der Waals surface area contributed by atoms with Crippen molar-refractivity contribution in [3.63, 3.8) is 0 Å². The highest BCUT2D eigenvalue weighted by atomic mass is 79.9. The fraction of sp³-hybridized carbons (Fsp3) is 0.429. The molecule has 5 rings (SSSR count). The van der Waals surface area contributed by atoms with Gasteiger partial charge >= 0.3 is 0 Å². The fourth-order valence-electron chi connectivity index (χ4n) is 6.91. The van der Waals surface area contributed by atoms with Crippen LogP contribution in [0.4, 0.5) is 14.5 Å². The molecule has 1 aromatic heterocycles. The Balaban J connectivity index is 0.00000627. The number of pyridine rings is 1. The summed E-state index contributed by atoms with van der Waals surface area (Å²) in [6.07, 6.45) is 17.4. The number of carbonyl (C=O) groups is 1. The van der Waals surface area contributed by atoms with Gasteiger partial charge in [0.1, 0.15) is 34.4 Å². The number of benzene rings is 3. The summed E-state index contributed by atoms with van der Waals surface area (Å²) in [7, 11) is 3.94. The number of carbonyl (C=O) groups excluding carboxylic acids is 1. The Hall–Kier alpha value is -4.40. The predicted molar refractivity (Wildman–Crippen MR) is 202 cm³/mol. The van der Waals surface area contributed by atoms with Crippen LogP contribution in [0.5, 0.6) is 17.2 Å². The molecule has 3 aromatic carbocycles. The molecule has 53 heavy (non-hydrogen) atoms. The van der Waals surface area contributed by atoms with Crippen LogP contribution in [0.1, 0.15) is 75.1 Å². The van der Waals surface area contributed by atoms with Gasteiger partial charge in [0, 0.05) is 41.9 Å². The number of ether oxygens (including phenoxy) is 3. The molecule has 0 radical (unpaired) electrons. The minimum absolute atomic E-state index is 0. The molecule has 0 aliphatic carbocycles. The summed E-state index contributed by atoms with van der Waals surface area (Å²) < 4.78 is 49.1. The molecule has 0 spiro atoms. The van der Waals surface area contributed by atoms with Gasteiger partial charge in [0.15, 0.2) is 0 Å². The van der Waals surface area contributed by atoms with Crippen LogP contribution in [-0.4, -0.2) is 68.5 Å². The first-order chi connectivity index (χ1) is 25.1. The second-order valence-corrected chi connectivity index (χ2v) is 13.8. The number of piperidine rings is 1. The number of fused-ring (bicyclic) bond motifs is 1. The Morgan fingerprint density at radius 1 is 0.887 bits per heavy atom. The quantitative estimate of drug-likeness (QED) is 0.0825. The van der Waals surface area contributed by atoms with Crippen LogP contribution < -0.4 is 41.5 Å². The van der Waals surface area contributed by atoms with E-state index < -0.39 is 23.0 Å². The molecule has 1 aliphatic heterocycles. The van der Waals surface area contributed by atoms with Crippen molar-refractivity contribution in [3.05, 3.63) is 88.2 Å². The Bertz CT molecular complexity index is 1930. The molecule has 0 saturated carbocycles. The summed E-state index contributed by atoms with van der Waals surface area (Å²) in [4.78, 5) is 29.1. The van der Waals surface area contributed by atoms with Crippen LogP contribution in [0, 0.1) is 24.0 Å². The summed E-state index contributed by atoms with van der Waals surface area (Å²) in [5, 5.41) is 0.244. The highest BCUT2D eigenvalue weighted by Gasteiger charge is 2.25. The lowest BCUT2D eigenvalue weighted by Gasteiger charge is -2.37. The van der Waals surface area contributed by atoms with E-state index in [1.807, 2.05) is 6.92 Å². The molecule has 284 valence electrons. The van der Waals surface area contributed by atoms with Crippen molar-refractivity contribution in [2.24, 2.45) is 0 Å². The number of rotatable bonds is 17. The topological polar surface area (TPSA) is 70.0 Å². The Morgan fingerprint density at radius 2 is 1.57 bits per heavy atom. The minimum atomic E-state index is -0.882. The average molecular weight is 795 g/mol. The lowest BCUT2D eigenvalue weighted by atomic mass is 10.1. The van der Waals surface area contributed by atoms with E-state index in [-0.39, 0.29) is 40.2 Å². The highest BCUT2D eigenvalue weighted by Crippen LogP contribution is 2.30. The molecule has 0 atom stereocenters. The van der Waals surface area contributed by atoms with Crippen molar-refractivity contribution < 1.29 is 49.3 Å². The average Bonchev–Trinajstić information content (AvgIpc) is 3.13. The van der Waals surface area contributed by atoms with Gasteiger partial charge in [0.2, 0.25) is 5.43 Å². The minimum Gasteiger partial charge on any atom is -1.00 e.